The highest BCUT2D eigenvalue weighted by atomic mass is 16.4. The number of imidazole rings is 2. The summed E-state index contributed by atoms with van der Waals surface area (Å²) in [5, 5.41) is 30.1. The maximum absolute atomic E-state index is 13.3. The Kier molecular flexibility index (Phi) is 21.0. The van der Waals surface area contributed by atoms with Crippen LogP contribution in [0.15, 0.2) is 159 Å². The van der Waals surface area contributed by atoms with Crippen LogP contribution in [0.5, 0.6) is 0 Å². The van der Waals surface area contributed by atoms with E-state index in [9.17, 15) is 28.8 Å². The van der Waals surface area contributed by atoms with Gasteiger partial charge in [-0.2, -0.15) is 10.2 Å². The molecule has 4 amide bonds. The van der Waals surface area contributed by atoms with Crippen LogP contribution in [0.4, 0.5) is 11.9 Å². The molecule has 4 N–H and O–H groups in total. The van der Waals surface area contributed by atoms with Gasteiger partial charge in [0.25, 0.3) is 11.8 Å². The van der Waals surface area contributed by atoms with Crippen molar-refractivity contribution in [2.75, 3.05) is 77.1 Å². The Morgan fingerprint density at radius 3 is 1.20 bits per heavy atom. The van der Waals surface area contributed by atoms with Crippen LogP contribution in [0.3, 0.4) is 0 Å². The smallest absolute Gasteiger partial charge is 0.328 e. The van der Waals surface area contributed by atoms with Crippen molar-refractivity contribution in [1.82, 2.24) is 58.3 Å². The van der Waals surface area contributed by atoms with Crippen molar-refractivity contribution >= 4 is 47.5 Å². The SMILES string of the molecule is CN1CCN(C(=O)CCCc2cn(-c3ccccc3)c(NC(=O)c3cccc(-c4cnn(C)c4)c3)n2)CC1.CN1CCN(C(=O)CCCc2cn(-c3ccccc3)c(NC(=O)c3cccc(-c4cnn(C)c4)c3)n2)CC1.O=C(O)/C=C/C(=O)O. The number of aromatic nitrogens is 8. The van der Waals surface area contributed by atoms with Gasteiger partial charge < -0.3 is 29.8 Å². The molecule has 436 valence electrons. The number of hydrogen-bond acceptors (Lipinski definition) is 12. The zero-order valence-corrected chi connectivity index (χ0v) is 47.6. The molecular formula is C62H70N14O8. The Morgan fingerprint density at radius 2 is 0.857 bits per heavy atom. The first-order chi connectivity index (χ1) is 40.5. The van der Waals surface area contributed by atoms with Crippen molar-refractivity contribution in [1.29, 1.82) is 0 Å². The number of nitrogens with one attached hydrogen (secondary N) is 2. The highest BCUT2D eigenvalue weighted by Gasteiger charge is 2.22. The predicted molar refractivity (Wildman–Crippen MR) is 319 cm³/mol. The Bertz CT molecular complexity index is 3320. The maximum atomic E-state index is 13.3. The van der Waals surface area contributed by atoms with Gasteiger partial charge >= 0.3 is 11.9 Å². The standard InChI is InChI=1S/2C29H33N7O2.C4H4O4/c2*1-33-14-16-35(17-15-33)27(37)13-7-10-25-21-36(26-11-4-3-5-12-26)29(31-25)32-28(38)23-9-6-8-22(18-23)24-19-30-34(2)20-24;5-3(6)1-2-4(7)8/h2*3-6,8-9,11-12,18-21H,7,10,13-17H2,1-2H3,(H,31,32,38);1-2H,(H,5,6)(H,7,8)/b;;2-1+. The summed E-state index contributed by atoms with van der Waals surface area (Å²) in [6.45, 7) is 6.82. The topological polar surface area (TPSA) is 251 Å². The number of amides is 4. The third-order valence-electron chi connectivity index (χ3n) is 14.1. The van der Waals surface area contributed by atoms with Gasteiger partial charge in [0.15, 0.2) is 0 Å². The lowest BCUT2D eigenvalue weighted by Crippen LogP contribution is -2.47. The van der Waals surface area contributed by atoms with Crippen molar-refractivity contribution in [2.45, 2.75) is 38.5 Å². The van der Waals surface area contributed by atoms with Crippen molar-refractivity contribution in [3.8, 4) is 33.6 Å². The number of benzene rings is 4. The number of likely N-dealkylation sites (N-methyl/N-ethyl adjacent to an activating group) is 2. The van der Waals surface area contributed by atoms with Crippen LogP contribution in [0, 0.1) is 0 Å². The van der Waals surface area contributed by atoms with Crippen LogP contribution >= 0.6 is 0 Å². The second kappa shape index (κ2) is 29.3. The molecule has 0 spiro atoms. The number of carboxylic acids is 2. The zero-order valence-electron chi connectivity index (χ0n) is 47.6. The van der Waals surface area contributed by atoms with Crippen molar-refractivity contribution in [2.24, 2.45) is 14.1 Å². The molecule has 22 heteroatoms. The first kappa shape index (κ1) is 60.3. The molecule has 8 aromatic rings. The third-order valence-corrected chi connectivity index (χ3v) is 14.1. The number of nitrogens with zero attached hydrogens (tertiary/aromatic N) is 12. The van der Waals surface area contributed by atoms with Gasteiger partial charge in [-0.1, -0.05) is 60.7 Å². The van der Waals surface area contributed by atoms with Crippen LogP contribution in [-0.4, -0.2) is 170 Å². The number of para-hydroxylation sites is 2. The van der Waals surface area contributed by atoms with E-state index in [1.165, 1.54) is 0 Å². The highest BCUT2D eigenvalue weighted by molar-refractivity contribution is 6.05. The number of aryl methyl sites for hydroxylation is 4. The second-order valence-electron chi connectivity index (χ2n) is 20.5. The lowest BCUT2D eigenvalue weighted by Gasteiger charge is -2.32. The minimum absolute atomic E-state index is 0.197. The lowest BCUT2D eigenvalue weighted by molar-refractivity contribution is -0.134. The normalized spacial score (nSPS) is 13.6. The Morgan fingerprint density at radius 1 is 0.476 bits per heavy atom. The number of carboxylic acid groups (broad SMARTS) is 2. The molecule has 2 aliphatic heterocycles. The van der Waals surface area contributed by atoms with Gasteiger partial charge in [0.2, 0.25) is 23.7 Å². The van der Waals surface area contributed by atoms with Crippen LogP contribution in [0.1, 0.15) is 57.8 Å². The van der Waals surface area contributed by atoms with Crippen LogP contribution < -0.4 is 10.6 Å². The molecule has 0 saturated carbocycles. The molecule has 4 aromatic heterocycles. The Labute approximate surface area is 487 Å². The fraction of sp³-hybridized carbons (Fsp3) is 0.290. The van der Waals surface area contributed by atoms with E-state index in [2.05, 4.69) is 44.7 Å². The minimum atomic E-state index is -1.26. The van der Waals surface area contributed by atoms with Gasteiger partial charge in [-0.25, -0.2) is 19.6 Å². The number of carbonyl (C=O) groups excluding carboxylic acids is 4. The molecule has 0 atom stereocenters. The van der Waals surface area contributed by atoms with Crippen LogP contribution in [0.25, 0.3) is 33.6 Å². The van der Waals surface area contributed by atoms with E-state index < -0.39 is 11.9 Å². The summed E-state index contributed by atoms with van der Waals surface area (Å²) in [6, 6.07) is 34.5. The molecule has 2 saturated heterocycles. The number of hydrogen-bond donors (Lipinski definition) is 4. The van der Waals surface area contributed by atoms with E-state index in [1.54, 1.807) is 33.9 Å². The summed E-state index contributed by atoms with van der Waals surface area (Å²) >= 11 is 0. The molecule has 0 unspecified atom stereocenters. The lowest BCUT2D eigenvalue weighted by atomic mass is 10.1. The van der Waals surface area contributed by atoms with E-state index >= 15 is 0 Å². The first-order valence-electron chi connectivity index (χ1n) is 27.7. The largest absolute Gasteiger partial charge is 0.478 e. The molecule has 2 aliphatic rings. The molecule has 0 bridgehead atoms. The van der Waals surface area contributed by atoms with E-state index in [0.717, 1.165) is 97.4 Å². The van der Waals surface area contributed by atoms with E-state index in [0.29, 0.717) is 73.7 Å². The molecular weight excluding hydrogens is 1070 g/mol. The first-order valence-corrected chi connectivity index (χ1v) is 27.7. The number of carbonyl (C=O) groups is 6. The molecule has 0 radical (unpaired) electrons. The van der Waals surface area contributed by atoms with E-state index in [1.807, 2.05) is 155 Å². The molecule has 22 nitrogen and oxygen atoms in total. The molecule has 10 rings (SSSR count). The monoisotopic (exact) mass is 1140 g/mol. The van der Waals surface area contributed by atoms with E-state index in [4.69, 9.17) is 20.2 Å². The number of aliphatic carboxylic acids is 2. The maximum Gasteiger partial charge on any atom is 0.328 e. The minimum Gasteiger partial charge on any atom is -0.478 e. The Hall–Kier alpha value is -9.80. The summed E-state index contributed by atoms with van der Waals surface area (Å²) in [5.41, 5.74) is 8.27. The van der Waals surface area contributed by atoms with Crippen molar-refractivity contribution in [3.63, 3.8) is 0 Å². The van der Waals surface area contributed by atoms with Gasteiger partial charge in [-0.15, -0.1) is 0 Å². The van der Waals surface area contributed by atoms with Crippen molar-refractivity contribution in [3.05, 3.63) is 181 Å². The summed E-state index contributed by atoms with van der Waals surface area (Å²) < 4.78 is 7.25. The summed E-state index contributed by atoms with van der Waals surface area (Å²) in [4.78, 5) is 88.8. The summed E-state index contributed by atoms with van der Waals surface area (Å²) in [7, 11) is 7.89. The zero-order chi connectivity index (χ0) is 59.5. The summed E-state index contributed by atoms with van der Waals surface area (Å²) in [6.07, 6.45) is 16.1. The Balaban J connectivity index is 0.000000194. The highest BCUT2D eigenvalue weighted by Crippen LogP contribution is 2.25. The predicted octanol–water partition coefficient (Wildman–Crippen LogP) is 6.96. The molecule has 84 heavy (non-hydrogen) atoms. The molecule has 4 aromatic carbocycles. The van der Waals surface area contributed by atoms with Gasteiger partial charge in [0.1, 0.15) is 0 Å². The van der Waals surface area contributed by atoms with Gasteiger partial charge in [0.05, 0.1) is 23.8 Å². The second-order valence-corrected chi connectivity index (χ2v) is 20.5. The molecule has 0 aliphatic carbocycles. The van der Waals surface area contributed by atoms with Gasteiger partial charge in [-0.3, -0.25) is 48.3 Å². The van der Waals surface area contributed by atoms with Crippen LogP contribution in [0.2, 0.25) is 0 Å². The number of rotatable bonds is 18. The van der Waals surface area contributed by atoms with Gasteiger partial charge in [-0.05, 0) is 99.4 Å². The fourth-order valence-corrected chi connectivity index (χ4v) is 9.43. The van der Waals surface area contributed by atoms with Crippen molar-refractivity contribution < 1.29 is 39.0 Å². The average molecular weight is 1140 g/mol. The molecule has 2 fully saturated rings. The van der Waals surface area contributed by atoms with Crippen LogP contribution in [-0.2, 0) is 46.1 Å². The third kappa shape index (κ3) is 17.4. The fourth-order valence-electron chi connectivity index (χ4n) is 9.43. The number of piperazine rings is 2. The van der Waals surface area contributed by atoms with Gasteiger partial charge in [0, 0.05) is 150 Å². The molecule has 6 heterocycles. The average Bonchev–Trinajstić information content (AvgIpc) is 4.42. The van der Waals surface area contributed by atoms with E-state index in [-0.39, 0.29) is 23.6 Å². The quantitative estimate of drug-likeness (QED) is 0.0635. The number of anilines is 2. The summed E-state index contributed by atoms with van der Waals surface area (Å²) in [5.74, 6) is -1.70.